The van der Waals surface area contributed by atoms with Crippen molar-refractivity contribution >= 4 is 11.9 Å². The van der Waals surface area contributed by atoms with Crippen LogP contribution in [0.15, 0.2) is 0 Å². The third-order valence-corrected chi connectivity index (χ3v) is 9.59. The molecule has 1 saturated heterocycles. The molecule has 4 bridgehead atoms. The van der Waals surface area contributed by atoms with Crippen LogP contribution in [0.5, 0.6) is 0 Å². The van der Waals surface area contributed by atoms with E-state index >= 15 is 0 Å². The average molecular weight is 389 g/mol. The zero-order valence-corrected chi connectivity index (χ0v) is 17.9. The van der Waals surface area contributed by atoms with Gasteiger partial charge in [0.25, 0.3) is 0 Å². The maximum atomic E-state index is 13.0. The highest BCUT2D eigenvalue weighted by molar-refractivity contribution is 5.73. The fourth-order valence-electron chi connectivity index (χ4n) is 8.61. The molecule has 4 heteroatoms. The summed E-state index contributed by atoms with van der Waals surface area (Å²) in [6.45, 7) is 9.39. The molecule has 1 spiro atoms. The van der Waals surface area contributed by atoms with Crippen molar-refractivity contribution in [2.45, 2.75) is 72.3 Å². The fraction of sp³-hybridized carbons (Fsp3) is 0.917. The first-order valence-electron chi connectivity index (χ1n) is 11.7. The van der Waals surface area contributed by atoms with E-state index in [1.165, 1.54) is 19.3 Å². The molecule has 4 aliphatic carbocycles. The van der Waals surface area contributed by atoms with Gasteiger partial charge in [0.2, 0.25) is 0 Å². The normalized spacial score (nSPS) is 49.1. The molecule has 10 atom stereocenters. The predicted molar refractivity (Wildman–Crippen MR) is 105 cm³/mol. The molecular weight excluding hydrogens is 352 g/mol. The summed E-state index contributed by atoms with van der Waals surface area (Å²) in [5.74, 6) is 4.93. The number of hydrogen-bond donors (Lipinski definition) is 0. The number of ether oxygens (including phenoxy) is 2. The highest BCUT2D eigenvalue weighted by atomic mass is 16.5. The molecule has 0 aromatic heterocycles. The average Bonchev–Trinajstić information content (AvgIpc) is 3.41. The smallest absolute Gasteiger partial charge is 0.309 e. The standard InChI is InChI=1S/C24H36O4/c1-5-6-15(12(2)3)23(26)28-22-13(4)16-8-17(22)21-18-7-14(20(16)21)9-24(18)10-19(25)27-11-24/h12-18,20-22H,5-11H2,1-4H3. The zero-order valence-electron chi connectivity index (χ0n) is 17.9. The molecule has 10 unspecified atom stereocenters. The number of esters is 2. The third-order valence-electron chi connectivity index (χ3n) is 9.59. The fourth-order valence-corrected chi connectivity index (χ4v) is 8.61. The Bertz CT molecular complexity index is 672. The number of carbonyl (C=O) groups excluding carboxylic acids is 2. The van der Waals surface area contributed by atoms with Crippen molar-refractivity contribution in [2.24, 2.45) is 58.7 Å². The summed E-state index contributed by atoms with van der Waals surface area (Å²) in [4.78, 5) is 24.9. The summed E-state index contributed by atoms with van der Waals surface area (Å²) in [6.07, 6.45) is 6.35. The van der Waals surface area contributed by atoms with Crippen LogP contribution >= 0.6 is 0 Å². The summed E-state index contributed by atoms with van der Waals surface area (Å²) in [7, 11) is 0. The van der Waals surface area contributed by atoms with Crippen LogP contribution in [0.3, 0.4) is 0 Å². The van der Waals surface area contributed by atoms with Crippen molar-refractivity contribution in [1.29, 1.82) is 0 Å². The van der Waals surface area contributed by atoms with E-state index in [-0.39, 0.29) is 29.4 Å². The summed E-state index contributed by atoms with van der Waals surface area (Å²) < 4.78 is 11.7. The maximum absolute atomic E-state index is 13.0. The Hall–Kier alpha value is -1.06. The van der Waals surface area contributed by atoms with Crippen molar-refractivity contribution in [3.63, 3.8) is 0 Å². The Labute approximate surface area is 169 Å². The highest BCUT2D eigenvalue weighted by Gasteiger charge is 2.72. The lowest BCUT2D eigenvalue weighted by Gasteiger charge is -2.47. The van der Waals surface area contributed by atoms with Crippen LogP contribution in [0.25, 0.3) is 0 Å². The molecule has 5 fully saturated rings. The van der Waals surface area contributed by atoms with Crippen LogP contribution in [-0.4, -0.2) is 24.6 Å². The molecule has 156 valence electrons. The van der Waals surface area contributed by atoms with Gasteiger partial charge in [-0.3, -0.25) is 9.59 Å². The van der Waals surface area contributed by atoms with Crippen LogP contribution in [0, 0.1) is 58.7 Å². The molecule has 5 rings (SSSR count). The Morgan fingerprint density at radius 3 is 2.68 bits per heavy atom. The molecule has 1 heterocycles. The molecule has 0 aromatic carbocycles. The van der Waals surface area contributed by atoms with E-state index in [9.17, 15) is 9.59 Å². The van der Waals surface area contributed by atoms with Gasteiger partial charge in [-0.05, 0) is 73.0 Å². The number of rotatable bonds is 5. The van der Waals surface area contributed by atoms with Gasteiger partial charge in [-0.1, -0.05) is 34.1 Å². The lowest BCUT2D eigenvalue weighted by Crippen LogP contribution is -2.47. The molecular formula is C24H36O4. The van der Waals surface area contributed by atoms with Crippen LogP contribution in [0.1, 0.15) is 66.2 Å². The largest absolute Gasteiger partial charge is 0.465 e. The first kappa shape index (κ1) is 18.9. The lowest BCUT2D eigenvalue weighted by atomic mass is 9.58. The topological polar surface area (TPSA) is 52.6 Å². The van der Waals surface area contributed by atoms with Crippen LogP contribution in [0.2, 0.25) is 0 Å². The van der Waals surface area contributed by atoms with Crippen molar-refractivity contribution in [3.8, 4) is 0 Å². The molecule has 0 amide bonds. The van der Waals surface area contributed by atoms with Crippen molar-refractivity contribution in [2.75, 3.05) is 6.61 Å². The van der Waals surface area contributed by atoms with Gasteiger partial charge in [0.1, 0.15) is 6.10 Å². The summed E-state index contributed by atoms with van der Waals surface area (Å²) in [6, 6.07) is 0. The van der Waals surface area contributed by atoms with Gasteiger partial charge in [0, 0.05) is 5.41 Å². The van der Waals surface area contributed by atoms with Gasteiger partial charge in [-0.2, -0.15) is 0 Å². The molecule has 5 aliphatic rings. The van der Waals surface area contributed by atoms with Crippen LogP contribution in [0.4, 0.5) is 0 Å². The second-order valence-corrected chi connectivity index (χ2v) is 11.1. The molecule has 0 radical (unpaired) electrons. The van der Waals surface area contributed by atoms with Gasteiger partial charge in [0.05, 0.1) is 18.9 Å². The highest BCUT2D eigenvalue weighted by Crippen LogP contribution is 2.74. The second kappa shape index (κ2) is 6.47. The summed E-state index contributed by atoms with van der Waals surface area (Å²) >= 11 is 0. The molecule has 0 aromatic rings. The van der Waals surface area contributed by atoms with Gasteiger partial charge >= 0.3 is 11.9 Å². The third kappa shape index (κ3) is 2.48. The summed E-state index contributed by atoms with van der Waals surface area (Å²) in [5.41, 5.74) is 0.105. The SMILES string of the molecule is CCCC(C(=O)OC1C(C)C2CC1C1C2C2CC1C1(COC(=O)C1)C2)C(C)C. The molecule has 0 N–H and O–H groups in total. The van der Waals surface area contributed by atoms with E-state index in [1.807, 2.05) is 0 Å². The summed E-state index contributed by atoms with van der Waals surface area (Å²) in [5, 5.41) is 0. The van der Waals surface area contributed by atoms with Crippen LogP contribution in [-0.2, 0) is 19.1 Å². The zero-order chi connectivity index (χ0) is 19.8. The van der Waals surface area contributed by atoms with E-state index in [0.717, 1.165) is 24.7 Å². The minimum Gasteiger partial charge on any atom is -0.465 e. The monoisotopic (exact) mass is 388 g/mol. The van der Waals surface area contributed by atoms with Gasteiger partial charge in [-0.25, -0.2) is 0 Å². The first-order valence-corrected chi connectivity index (χ1v) is 11.7. The number of hydrogen-bond acceptors (Lipinski definition) is 4. The second-order valence-electron chi connectivity index (χ2n) is 11.1. The minimum atomic E-state index is 0.00273. The number of carbonyl (C=O) groups is 2. The van der Waals surface area contributed by atoms with Crippen molar-refractivity contribution in [1.82, 2.24) is 0 Å². The Morgan fingerprint density at radius 2 is 2.04 bits per heavy atom. The van der Waals surface area contributed by atoms with E-state index in [0.29, 0.717) is 48.5 Å². The maximum Gasteiger partial charge on any atom is 0.309 e. The van der Waals surface area contributed by atoms with E-state index < -0.39 is 0 Å². The van der Waals surface area contributed by atoms with Crippen molar-refractivity contribution in [3.05, 3.63) is 0 Å². The molecule has 4 saturated carbocycles. The van der Waals surface area contributed by atoms with Gasteiger partial charge in [0.15, 0.2) is 0 Å². The molecule has 1 aliphatic heterocycles. The van der Waals surface area contributed by atoms with Gasteiger partial charge < -0.3 is 9.47 Å². The van der Waals surface area contributed by atoms with E-state index in [4.69, 9.17) is 9.47 Å². The lowest BCUT2D eigenvalue weighted by molar-refractivity contribution is -0.166. The minimum absolute atomic E-state index is 0.00273. The number of fused-ring (bicyclic) bond motifs is 10. The van der Waals surface area contributed by atoms with E-state index in [2.05, 4.69) is 27.7 Å². The Kier molecular flexibility index (Phi) is 4.38. The molecule has 4 nitrogen and oxygen atoms in total. The van der Waals surface area contributed by atoms with E-state index in [1.54, 1.807) is 0 Å². The van der Waals surface area contributed by atoms with Crippen molar-refractivity contribution < 1.29 is 19.1 Å². The molecule has 28 heavy (non-hydrogen) atoms. The van der Waals surface area contributed by atoms with Gasteiger partial charge in [-0.15, -0.1) is 0 Å². The first-order chi connectivity index (χ1) is 13.4. The number of cyclic esters (lactones) is 1. The quantitative estimate of drug-likeness (QED) is 0.515. The Morgan fingerprint density at radius 1 is 1.25 bits per heavy atom. The Balaban J connectivity index is 1.35. The van der Waals surface area contributed by atoms with Crippen LogP contribution < -0.4 is 0 Å². The predicted octanol–water partition coefficient (Wildman–Crippen LogP) is 4.46.